The first-order valence-electron chi connectivity index (χ1n) is 7.14. The molecule has 0 aromatic heterocycles. The Balaban J connectivity index is 2.16. The Morgan fingerprint density at radius 3 is 2.86 bits per heavy atom. The van der Waals surface area contributed by atoms with Gasteiger partial charge in [-0.25, -0.2) is 0 Å². The lowest BCUT2D eigenvalue weighted by Crippen LogP contribution is -2.29. The van der Waals surface area contributed by atoms with Crippen LogP contribution in [0.4, 0.5) is 0 Å². The summed E-state index contributed by atoms with van der Waals surface area (Å²) in [6.45, 7) is 5.71. The maximum absolute atomic E-state index is 12.1. The lowest BCUT2D eigenvalue weighted by atomic mass is 10.1. The number of carbonyl (C=O) groups is 1. The minimum Gasteiger partial charge on any atom is -0.493 e. The highest BCUT2D eigenvalue weighted by molar-refractivity contribution is 5.92. The quantitative estimate of drug-likeness (QED) is 0.756. The SMILES string of the molecule is CCCN(CC)C(=O)/C=C/c1cc(OC)c2c(c1)OCO2. The topological polar surface area (TPSA) is 48.0 Å². The lowest BCUT2D eigenvalue weighted by molar-refractivity contribution is -0.125. The van der Waals surface area contributed by atoms with Crippen molar-refractivity contribution >= 4 is 12.0 Å². The summed E-state index contributed by atoms with van der Waals surface area (Å²) >= 11 is 0. The van der Waals surface area contributed by atoms with Gasteiger partial charge in [0, 0.05) is 19.2 Å². The molecule has 0 aliphatic carbocycles. The molecule has 0 bridgehead atoms. The van der Waals surface area contributed by atoms with Crippen molar-refractivity contribution in [3.8, 4) is 17.2 Å². The monoisotopic (exact) mass is 291 g/mol. The van der Waals surface area contributed by atoms with Crippen LogP contribution in [0.2, 0.25) is 0 Å². The second kappa shape index (κ2) is 7.02. The van der Waals surface area contributed by atoms with Gasteiger partial charge < -0.3 is 19.1 Å². The minimum atomic E-state index is 0.0102. The zero-order chi connectivity index (χ0) is 15.2. The van der Waals surface area contributed by atoms with E-state index in [0.29, 0.717) is 23.8 Å². The third-order valence-electron chi connectivity index (χ3n) is 3.29. The molecule has 0 spiro atoms. The fourth-order valence-electron chi connectivity index (χ4n) is 2.21. The molecule has 0 atom stereocenters. The van der Waals surface area contributed by atoms with Crippen LogP contribution in [0.1, 0.15) is 25.8 Å². The van der Waals surface area contributed by atoms with Gasteiger partial charge in [0.05, 0.1) is 7.11 Å². The maximum atomic E-state index is 12.1. The number of hydrogen-bond donors (Lipinski definition) is 0. The molecule has 5 heteroatoms. The zero-order valence-electron chi connectivity index (χ0n) is 12.7. The summed E-state index contributed by atoms with van der Waals surface area (Å²) in [5.74, 6) is 1.87. The Morgan fingerprint density at radius 1 is 1.38 bits per heavy atom. The molecule has 0 fully saturated rings. The van der Waals surface area contributed by atoms with E-state index in [9.17, 15) is 4.79 Å². The van der Waals surface area contributed by atoms with Crippen molar-refractivity contribution in [3.05, 3.63) is 23.8 Å². The Kier molecular flexibility index (Phi) is 5.09. The Labute approximate surface area is 125 Å². The number of likely N-dealkylation sites (N-methyl/N-ethyl adjacent to an activating group) is 1. The number of carbonyl (C=O) groups excluding carboxylic acids is 1. The van der Waals surface area contributed by atoms with Crippen molar-refractivity contribution in [2.24, 2.45) is 0 Å². The highest BCUT2D eigenvalue weighted by atomic mass is 16.7. The van der Waals surface area contributed by atoms with E-state index < -0.39 is 0 Å². The first-order chi connectivity index (χ1) is 10.2. The Bertz CT molecular complexity index is 539. The van der Waals surface area contributed by atoms with Crippen molar-refractivity contribution in [1.82, 2.24) is 4.90 Å². The molecular formula is C16H21NO4. The largest absolute Gasteiger partial charge is 0.493 e. The summed E-state index contributed by atoms with van der Waals surface area (Å²) in [5, 5.41) is 0. The molecule has 1 aromatic carbocycles. The van der Waals surface area contributed by atoms with Crippen molar-refractivity contribution in [3.63, 3.8) is 0 Å². The number of benzene rings is 1. The van der Waals surface area contributed by atoms with E-state index >= 15 is 0 Å². The van der Waals surface area contributed by atoms with Crippen LogP contribution in [0.25, 0.3) is 6.08 Å². The maximum Gasteiger partial charge on any atom is 0.246 e. The van der Waals surface area contributed by atoms with Crippen molar-refractivity contribution in [1.29, 1.82) is 0 Å². The van der Waals surface area contributed by atoms with Gasteiger partial charge in [-0.1, -0.05) is 6.92 Å². The molecule has 0 N–H and O–H groups in total. The van der Waals surface area contributed by atoms with E-state index in [2.05, 4.69) is 6.92 Å². The predicted octanol–water partition coefficient (Wildman–Crippen LogP) is 2.70. The molecule has 1 aromatic rings. The third-order valence-corrected chi connectivity index (χ3v) is 3.29. The minimum absolute atomic E-state index is 0.0102. The first kappa shape index (κ1) is 15.2. The summed E-state index contributed by atoms with van der Waals surface area (Å²) in [5.41, 5.74) is 0.844. The van der Waals surface area contributed by atoms with Crippen LogP contribution in [-0.4, -0.2) is 37.8 Å². The summed E-state index contributed by atoms with van der Waals surface area (Å²) < 4.78 is 16.0. The number of hydrogen-bond acceptors (Lipinski definition) is 4. The molecular weight excluding hydrogens is 270 g/mol. The number of rotatable bonds is 6. The third kappa shape index (κ3) is 3.48. The van der Waals surface area contributed by atoms with Gasteiger partial charge in [0.1, 0.15) is 0 Å². The normalized spacial score (nSPS) is 12.7. The van der Waals surface area contributed by atoms with Crippen molar-refractivity contribution in [2.45, 2.75) is 20.3 Å². The number of ether oxygens (including phenoxy) is 3. The second-order valence-electron chi connectivity index (χ2n) is 4.71. The number of methoxy groups -OCH3 is 1. The Morgan fingerprint density at radius 2 is 2.19 bits per heavy atom. The average Bonchev–Trinajstić information content (AvgIpc) is 2.97. The second-order valence-corrected chi connectivity index (χ2v) is 4.71. The molecule has 1 aliphatic rings. The fourth-order valence-corrected chi connectivity index (χ4v) is 2.21. The van der Waals surface area contributed by atoms with Crippen LogP contribution in [-0.2, 0) is 4.79 Å². The number of nitrogens with zero attached hydrogens (tertiary/aromatic N) is 1. The van der Waals surface area contributed by atoms with Crippen molar-refractivity contribution in [2.75, 3.05) is 27.0 Å². The molecule has 21 heavy (non-hydrogen) atoms. The number of amides is 1. The van der Waals surface area contributed by atoms with Crippen LogP contribution in [0.15, 0.2) is 18.2 Å². The van der Waals surface area contributed by atoms with Gasteiger partial charge in [0.2, 0.25) is 18.4 Å². The Hall–Kier alpha value is -2.17. The van der Waals surface area contributed by atoms with E-state index in [1.807, 2.05) is 19.1 Å². The van der Waals surface area contributed by atoms with E-state index in [1.165, 1.54) is 0 Å². The van der Waals surface area contributed by atoms with Gasteiger partial charge in [-0.3, -0.25) is 4.79 Å². The summed E-state index contributed by atoms with van der Waals surface area (Å²) in [4.78, 5) is 13.9. The smallest absolute Gasteiger partial charge is 0.246 e. The molecule has 0 saturated carbocycles. The van der Waals surface area contributed by atoms with E-state index in [1.54, 1.807) is 24.2 Å². The average molecular weight is 291 g/mol. The molecule has 114 valence electrons. The highest BCUT2D eigenvalue weighted by Gasteiger charge is 2.19. The van der Waals surface area contributed by atoms with Gasteiger partial charge in [-0.05, 0) is 37.1 Å². The molecule has 1 amide bonds. The lowest BCUT2D eigenvalue weighted by Gasteiger charge is -2.17. The summed E-state index contributed by atoms with van der Waals surface area (Å²) in [7, 11) is 1.58. The molecule has 0 saturated heterocycles. The molecule has 2 rings (SSSR count). The van der Waals surface area contributed by atoms with Gasteiger partial charge in [0.25, 0.3) is 0 Å². The summed E-state index contributed by atoms with van der Waals surface area (Å²) in [6.07, 6.45) is 4.30. The van der Waals surface area contributed by atoms with Crippen LogP contribution < -0.4 is 14.2 Å². The van der Waals surface area contributed by atoms with Crippen LogP contribution >= 0.6 is 0 Å². The molecule has 0 unspecified atom stereocenters. The fraction of sp³-hybridized carbons (Fsp3) is 0.438. The molecule has 0 radical (unpaired) electrons. The summed E-state index contributed by atoms with van der Waals surface area (Å²) in [6, 6.07) is 3.66. The van der Waals surface area contributed by atoms with Gasteiger partial charge >= 0.3 is 0 Å². The van der Waals surface area contributed by atoms with Gasteiger partial charge in [-0.2, -0.15) is 0 Å². The van der Waals surface area contributed by atoms with Crippen LogP contribution in [0, 0.1) is 0 Å². The number of fused-ring (bicyclic) bond motifs is 1. The van der Waals surface area contributed by atoms with E-state index in [-0.39, 0.29) is 12.7 Å². The van der Waals surface area contributed by atoms with E-state index in [4.69, 9.17) is 14.2 Å². The van der Waals surface area contributed by atoms with Crippen molar-refractivity contribution < 1.29 is 19.0 Å². The molecule has 1 heterocycles. The van der Waals surface area contributed by atoms with E-state index in [0.717, 1.165) is 18.5 Å². The molecule has 5 nitrogen and oxygen atoms in total. The first-order valence-corrected chi connectivity index (χ1v) is 7.14. The van der Waals surface area contributed by atoms with Crippen LogP contribution in [0.3, 0.4) is 0 Å². The molecule has 1 aliphatic heterocycles. The standard InChI is InChI=1S/C16H21NO4/c1-4-8-17(5-2)15(18)7-6-12-9-13(19-3)16-14(10-12)20-11-21-16/h6-7,9-10H,4-5,8,11H2,1-3H3/b7-6+. The predicted molar refractivity (Wildman–Crippen MR) is 80.7 cm³/mol. The highest BCUT2D eigenvalue weighted by Crippen LogP contribution is 2.42. The van der Waals surface area contributed by atoms with Gasteiger partial charge in [0.15, 0.2) is 11.5 Å². The van der Waals surface area contributed by atoms with Crippen LogP contribution in [0.5, 0.6) is 17.2 Å². The zero-order valence-corrected chi connectivity index (χ0v) is 12.7. The van der Waals surface area contributed by atoms with Gasteiger partial charge in [-0.15, -0.1) is 0 Å².